The summed E-state index contributed by atoms with van der Waals surface area (Å²) in [6, 6.07) is 5.27. The fourth-order valence-corrected chi connectivity index (χ4v) is 2.22. The number of benzene rings is 1. The third kappa shape index (κ3) is 6.50. The Morgan fingerprint density at radius 2 is 1.89 bits per heavy atom. The van der Waals surface area contributed by atoms with Crippen LogP contribution in [0.4, 0.5) is 4.39 Å². The first kappa shape index (κ1) is 15.6. The van der Waals surface area contributed by atoms with Crippen molar-refractivity contribution < 1.29 is 4.39 Å². The van der Waals surface area contributed by atoms with E-state index in [1.54, 1.807) is 0 Å². The van der Waals surface area contributed by atoms with Crippen molar-refractivity contribution in [2.24, 2.45) is 0 Å². The molecule has 0 radical (unpaired) electrons. The first-order valence-electron chi connectivity index (χ1n) is 6.57. The lowest BCUT2D eigenvalue weighted by Crippen LogP contribution is -2.36. The second-order valence-electron chi connectivity index (χ2n) is 5.74. The molecule has 0 saturated heterocycles. The average Bonchev–Trinajstić information content (AvgIpc) is 2.26. The van der Waals surface area contributed by atoms with E-state index in [0.717, 1.165) is 19.4 Å². The molecule has 0 atom stereocenters. The average molecular weight is 316 g/mol. The zero-order chi connectivity index (χ0) is 13.6. The lowest BCUT2D eigenvalue weighted by molar-refractivity contribution is 0.417. The van der Waals surface area contributed by atoms with Gasteiger partial charge >= 0.3 is 0 Å². The number of rotatable bonds is 6. The van der Waals surface area contributed by atoms with Gasteiger partial charge in [0, 0.05) is 5.54 Å². The molecule has 1 aromatic carbocycles. The van der Waals surface area contributed by atoms with Crippen LogP contribution >= 0.6 is 15.9 Å². The third-order valence-corrected chi connectivity index (χ3v) is 3.39. The highest BCUT2D eigenvalue weighted by Gasteiger charge is 2.07. The van der Waals surface area contributed by atoms with Crippen LogP contribution in [0.2, 0.25) is 0 Å². The molecule has 1 rings (SSSR count). The van der Waals surface area contributed by atoms with Gasteiger partial charge in [-0.15, -0.1) is 0 Å². The van der Waals surface area contributed by atoms with Crippen LogP contribution in [-0.2, 0) is 6.42 Å². The Morgan fingerprint density at radius 3 is 2.50 bits per heavy atom. The van der Waals surface area contributed by atoms with Crippen LogP contribution < -0.4 is 5.32 Å². The molecule has 0 aromatic heterocycles. The van der Waals surface area contributed by atoms with Crippen molar-refractivity contribution in [3.8, 4) is 0 Å². The molecule has 0 unspecified atom stereocenters. The van der Waals surface area contributed by atoms with Crippen molar-refractivity contribution in [1.29, 1.82) is 0 Å². The lowest BCUT2D eigenvalue weighted by Gasteiger charge is -2.20. The summed E-state index contributed by atoms with van der Waals surface area (Å²) in [6.07, 6.45) is 4.58. The van der Waals surface area contributed by atoms with E-state index in [2.05, 4.69) is 42.0 Å². The summed E-state index contributed by atoms with van der Waals surface area (Å²) in [4.78, 5) is 0. The van der Waals surface area contributed by atoms with Gasteiger partial charge in [-0.2, -0.15) is 0 Å². The van der Waals surface area contributed by atoms with Crippen molar-refractivity contribution in [1.82, 2.24) is 5.32 Å². The van der Waals surface area contributed by atoms with Gasteiger partial charge in [0.2, 0.25) is 0 Å². The zero-order valence-corrected chi connectivity index (χ0v) is 13.1. The van der Waals surface area contributed by atoms with Gasteiger partial charge in [-0.05, 0) is 80.2 Å². The Balaban J connectivity index is 2.16. The molecule has 0 bridgehead atoms. The maximum atomic E-state index is 13.0. The molecule has 0 heterocycles. The molecular weight excluding hydrogens is 293 g/mol. The van der Waals surface area contributed by atoms with Crippen molar-refractivity contribution in [3.05, 3.63) is 34.1 Å². The van der Waals surface area contributed by atoms with E-state index >= 15 is 0 Å². The maximum Gasteiger partial charge on any atom is 0.137 e. The minimum absolute atomic E-state index is 0.187. The van der Waals surface area contributed by atoms with E-state index in [1.165, 1.54) is 24.5 Å². The summed E-state index contributed by atoms with van der Waals surface area (Å²) < 4.78 is 13.6. The summed E-state index contributed by atoms with van der Waals surface area (Å²) in [7, 11) is 0. The van der Waals surface area contributed by atoms with E-state index in [4.69, 9.17) is 0 Å². The van der Waals surface area contributed by atoms with Gasteiger partial charge < -0.3 is 5.32 Å². The van der Waals surface area contributed by atoms with Crippen molar-refractivity contribution in [2.45, 2.75) is 52.0 Å². The molecule has 3 heteroatoms. The first-order chi connectivity index (χ1) is 8.38. The number of hydrogen-bond acceptors (Lipinski definition) is 1. The normalized spacial score (nSPS) is 11.8. The minimum atomic E-state index is -0.187. The molecule has 0 fully saturated rings. The monoisotopic (exact) mass is 315 g/mol. The fraction of sp³-hybridized carbons (Fsp3) is 0.600. The smallest absolute Gasteiger partial charge is 0.137 e. The molecule has 18 heavy (non-hydrogen) atoms. The van der Waals surface area contributed by atoms with Crippen LogP contribution in [0.25, 0.3) is 0 Å². The van der Waals surface area contributed by atoms with Gasteiger partial charge in [-0.25, -0.2) is 4.39 Å². The molecule has 0 aliphatic carbocycles. The van der Waals surface area contributed by atoms with Crippen LogP contribution in [0.15, 0.2) is 22.7 Å². The van der Waals surface area contributed by atoms with Gasteiger partial charge in [0.15, 0.2) is 0 Å². The van der Waals surface area contributed by atoms with E-state index in [0.29, 0.717) is 4.47 Å². The molecule has 0 aliphatic heterocycles. The minimum Gasteiger partial charge on any atom is -0.312 e. The van der Waals surface area contributed by atoms with E-state index < -0.39 is 0 Å². The SMILES string of the molecule is CC(C)(C)NCCCCCc1ccc(F)c(Br)c1. The summed E-state index contributed by atoms with van der Waals surface area (Å²) in [6.45, 7) is 7.62. The largest absolute Gasteiger partial charge is 0.312 e. The van der Waals surface area contributed by atoms with Gasteiger partial charge in [0.25, 0.3) is 0 Å². The first-order valence-corrected chi connectivity index (χ1v) is 7.37. The number of halogens is 2. The van der Waals surface area contributed by atoms with Gasteiger partial charge in [0.1, 0.15) is 5.82 Å². The molecular formula is C15H23BrFN. The van der Waals surface area contributed by atoms with Gasteiger partial charge in [0.05, 0.1) is 4.47 Å². The Hall–Kier alpha value is -0.410. The Bertz CT molecular complexity index is 371. The van der Waals surface area contributed by atoms with Crippen LogP contribution in [-0.4, -0.2) is 12.1 Å². The molecule has 1 aromatic rings. The molecule has 0 saturated carbocycles. The molecule has 0 amide bonds. The highest BCUT2D eigenvalue weighted by molar-refractivity contribution is 9.10. The Kier molecular flexibility index (Phi) is 6.30. The standard InChI is InChI=1S/C15H23BrFN/c1-15(2,3)18-10-6-4-5-7-12-8-9-14(17)13(16)11-12/h8-9,11,18H,4-7,10H2,1-3H3. The van der Waals surface area contributed by atoms with Crippen LogP contribution in [0.5, 0.6) is 0 Å². The topological polar surface area (TPSA) is 12.0 Å². The zero-order valence-electron chi connectivity index (χ0n) is 11.5. The molecule has 1 nitrogen and oxygen atoms in total. The number of aryl methyl sites for hydroxylation is 1. The highest BCUT2D eigenvalue weighted by Crippen LogP contribution is 2.18. The second-order valence-corrected chi connectivity index (χ2v) is 6.59. The number of nitrogens with one attached hydrogen (secondary N) is 1. The molecule has 0 aliphatic rings. The predicted molar refractivity (Wildman–Crippen MR) is 79.4 cm³/mol. The highest BCUT2D eigenvalue weighted by atomic mass is 79.9. The van der Waals surface area contributed by atoms with Crippen LogP contribution in [0.3, 0.4) is 0 Å². The number of hydrogen-bond donors (Lipinski definition) is 1. The van der Waals surface area contributed by atoms with E-state index in [-0.39, 0.29) is 11.4 Å². The second kappa shape index (κ2) is 7.25. The van der Waals surface area contributed by atoms with Crippen LogP contribution in [0.1, 0.15) is 45.6 Å². The van der Waals surface area contributed by atoms with Gasteiger partial charge in [-0.1, -0.05) is 12.5 Å². The quantitative estimate of drug-likeness (QED) is 0.751. The predicted octanol–water partition coefficient (Wildman–Crippen LogP) is 4.69. The maximum absolute atomic E-state index is 13.0. The van der Waals surface area contributed by atoms with E-state index in [1.807, 2.05) is 12.1 Å². The van der Waals surface area contributed by atoms with Crippen LogP contribution in [0, 0.1) is 5.82 Å². The molecule has 102 valence electrons. The lowest BCUT2D eigenvalue weighted by atomic mass is 10.1. The summed E-state index contributed by atoms with van der Waals surface area (Å²) in [5.41, 5.74) is 1.41. The van der Waals surface area contributed by atoms with Crippen molar-refractivity contribution >= 4 is 15.9 Å². The Morgan fingerprint density at radius 1 is 1.17 bits per heavy atom. The van der Waals surface area contributed by atoms with Gasteiger partial charge in [-0.3, -0.25) is 0 Å². The van der Waals surface area contributed by atoms with Crippen molar-refractivity contribution in [3.63, 3.8) is 0 Å². The molecule has 1 N–H and O–H groups in total. The summed E-state index contributed by atoms with van der Waals surface area (Å²) >= 11 is 3.22. The van der Waals surface area contributed by atoms with E-state index in [9.17, 15) is 4.39 Å². The molecule has 0 spiro atoms. The van der Waals surface area contributed by atoms with Crippen molar-refractivity contribution in [2.75, 3.05) is 6.54 Å². The Labute approximate surface area is 118 Å². The number of unbranched alkanes of at least 4 members (excludes halogenated alkanes) is 2. The summed E-state index contributed by atoms with van der Waals surface area (Å²) in [5.74, 6) is -0.187. The fourth-order valence-electron chi connectivity index (χ4n) is 1.79. The third-order valence-electron chi connectivity index (χ3n) is 2.78. The summed E-state index contributed by atoms with van der Waals surface area (Å²) in [5, 5.41) is 3.48.